The maximum absolute atomic E-state index is 11.3. The number of benzene rings is 2. The van der Waals surface area contributed by atoms with Crippen molar-refractivity contribution in [3.63, 3.8) is 0 Å². The first-order valence-electron chi connectivity index (χ1n) is 9.25. The molecule has 0 radical (unpaired) electrons. The van der Waals surface area contributed by atoms with Gasteiger partial charge >= 0.3 is 11.9 Å². The van der Waals surface area contributed by atoms with Crippen LogP contribution < -0.4 is 4.74 Å². The van der Waals surface area contributed by atoms with Gasteiger partial charge < -0.3 is 19.3 Å². The molecule has 0 aromatic heterocycles. The highest BCUT2D eigenvalue weighted by Crippen LogP contribution is 2.38. The molecule has 3 rings (SSSR count). The molecule has 0 spiro atoms. The smallest absolute Gasteiger partial charge is 0.303 e. The quantitative estimate of drug-likeness (QED) is 0.770. The second-order valence-corrected chi connectivity index (χ2v) is 6.80. The van der Waals surface area contributed by atoms with Crippen molar-refractivity contribution in [1.29, 1.82) is 0 Å². The van der Waals surface area contributed by atoms with Gasteiger partial charge in [0.1, 0.15) is 31.2 Å². The van der Waals surface area contributed by atoms with E-state index in [4.69, 9.17) is 14.2 Å². The second-order valence-electron chi connectivity index (χ2n) is 6.80. The zero-order chi connectivity index (χ0) is 20.1. The molecule has 1 aliphatic carbocycles. The summed E-state index contributed by atoms with van der Waals surface area (Å²) in [6.07, 6.45) is -0.429. The van der Waals surface area contributed by atoms with Crippen molar-refractivity contribution in [2.45, 2.75) is 52.1 Å². The van der Waals surface area contributed by atoms with Crippen molar-refractivity contribution >= 4 is 11.9 Å². The summed E-state index contributed by atoms with van der Waals surface area (Å²) in [6.45, 7) is 3.12. The highest BCUT2D eigenvalue weighted by molar-refractivity contribution is 5.67. The number of hydrogen-bond donors (Lipinski definition) is 1. The second kappa shape index (κ2) is 8.89. The van der Waals surface area contributed by atoms with Gasteiger partial charge in [-0.1, -0.05) is 36.4 Å². The van der Waals surface area contributed by atoms with Crippen LogP contribution in [0.15, 0.2) is 42.5 Å². The summed E-state index contributed by atoms with van der Waals surface area (Å²) < 4.78 is 16.4. The van der Waals surface area contributed by atoms with E-state index in [9.17, 15) is 14.7 Å². The summed E-state index contributed by atoms with van der Waals surface area (Å²) in [7, 11) is 0. The lowest BCUT2D eigenvalue weighted by Crippen LogP contribution is -2.30. The monoisotopic (exact) mass is 384 g/mol. The largest absolute Gasteiger partial charge is 0.488 e. The molecule has 0 saturated heterocycles. The summed E-state index contributed by atoms with van der Waals surface area (Å²) in [5.74, 6) is -0.196. The third-order valence-corrected chi connectivity index (χ3v) is 4.75. The Labute approximate surface area is 164 Å². The van der Waals surface area contributed by atoms with E-state index in [-0.39, 0.29) is 12.6 Å². The van der Waals surface area contributed by atoms with Crippen molar-refractivity contribution in [2.75, 3.05) is 0 Å². The summed E-state index contributed by atoms with van der Waals surface area (Å²) in [4.78, 5) is 22.6. The van der Waals surface area contributed by atoms with Gasteiger partial charge in [-0.25, -0.2) is 0 Å². The standard InChI is InChI=1S/C22H24O6/c1-14(23)26-13-19-17-8-11-21(28-15(2)24)22(25)18(17)9-10-20(19)27-12-16-6-4-3-5-7-16/h3-7,9-10,21-22,25H,8,11-13H2,1-2H3. The van der Waals surface area contributed by atoms with Gasteiger partial charge in [0.15, 0.2) is 0 Å². The Balaban J connectivity index is 1.88. The summed E-state index contributed by atoms with van der Waals surface area (Å²) in [5.41, 5.74) is 3.31. The Morgan fingerprint density at radius 1 is 1.04 bits per heavy atom. The minimum absolute atomic E-state index is 0.0631. The fourth-order valence-electron chi connectivity index (χ4n) is 3.45. The SMILES string of the molecule is CC(=O)OCc1c(OCc2ccccc2)ccc2c1CCC(OC(C)=O)C2O. The third kappa shape index (κ3) is 4.70. The van der Waals surface area contributed by atoms with Crippen molar-refractivity contribution in [3.8, 4) is 5.75 Å². The van der Waals surface area contributed by atoms with E-state index in [1.54, 1.807) is 12.1 Å². The summed E-state index contributed by atoms with van der Waals surface area (Å²) in [6, 6.07) is 13.3. The maximum Gasteiger partial charge on any atom is 0.303 e. The number of ether oxygens (including phenoxy) is 3. The van der Waals surface area contributed by atoms with Crippen LogP contribution in [-0.4, -0.2) is 23.1 Å². The highest BCUT2D eigenvalue weighted by atomic mass is 16.6. The van der Waals surface area contributed by atoms with Gasteiger partial charge in [-0.3, -0.25) is 9.59 Å². The molecule has 0 aliphatic heterocycles. The van der Waals surface area contributed by atoms with Crippen LogP contribution in [0.4, 0.5) is 0 Å². The first-order chi connectivity index (χ1) is 13.5. The van der Waals surface area contributed by atoms with Gasteiger partial charge in [-0.05, 0) is 35.6 Å². The van der Waals surface area contributed by atoms with Crippen LogP contribution >= 0.6 is 0 Å². The molecule has 2 unspecified atom stereocenters. The van der Waals surface area contributed by atoms with Crippen LogP contribution in [-0.2, 0) is 38.7 Å². The third-order valence-electron chi connectivity index (χ3n) is 4.75. The first kappa shape index (κ1) is 19.9. The van der Waals surface area contributed by atoms with Crippen molar-refractivity contribution in [1.82, 2.24) is 0 Å². The molecular weight excluding hydrogens is 360 g/mol. The van der Waals surface area contributed by atoms with Gasteiger partial charge in [0.2, 0.25) is 0 Å². The molecule has 0 saturated carbocycles. The Hall–Kier alpha value is -2.86. The molecule has 28 heavy (non-hydrogen) atoms. The summed E-state index contributed by atoms with van der Waals surface area (Å²) in [5, 5.41) is 10.6. The lowest BCUT2D eigenvalue weighted by molar-refractivity contribution is -0.153. The molecule has 2 aromatic carbocycles. The highest BCUT2D eigenvalue weighted by Gasteiger charge is 2.32. The summed E-state index contributed by atoms with van der Waals surface area (Å²) >= 11 is 0. The zero-order valence-corrected chi connectivity index (χ0v) is 16.0. The molecule has 1 aliphatic rings. The molecule has 0 fully saturated rings. The molecule has 0 heterocycles. The van der Waals surface area contributed by atoms with Crippen molar-refractivity contribution in [3.05, 3.63) is 64.7 Å². The number of carbonyl (C=O) groups excluding carboxylic acids is 2. The maximum atomic E-state index is 11.3. The molecule has 2 atom stereocenters. The lowest BCUT2D eigenvalue weighted by atomic mass is 9.84. The zero-order valence-electron chi connectivity index (χ0n) is 16.0. The van der Waals surface area contributed by atoms with Crippen LogP contribution in [0.1, 0.15) is 48.6 Å². The average Bonchev–Trinajstić information content (AvgIpc) is 2.67. The van der Waals surface area contributed by atoms with Crippen LogP contribution in [0.3, 0.4) is 0 Å². The van der Waals surface area contributed by atoms with Gasteiger partial charge in [0.05, 0.1) is 0 Å². The number of fused-ring (bicyclic) bond motifs is 1. The molecular formula is C22H24O6. The minimum atomic E-state index is -0.924. The predicted molar refractivity (Wildman–Crippen MR) is 102 cm³/mol. The van der Waals surface area contributed by atoms with E-state index in [0.717, 1.165) is 16.7 Å². The van der Waals surface area contributed by atoms with E-state index >= 15 is 0 Å². The molecule has 148 valence electrons. The van der Waals surface area contributed by atoms with Crippen molar-refractivity contribution in [2.24, 2.45) is 0 Å². The van der Waals surface area contributed by atoms with Crippen LogP contribution in [0, 0.1) is 0 Å². The first-order valence-corrected chi connectivity index (χ1v) is 9.25. The predicted octanol–water partition coefficient (Wildman–Crippen LogP) is 3.24. The number of hydrogen-bond acceptors (Lipinski definition) is 6. The van der Waals surface area contributed by atoms with Gasteiger partial charge in [-0.15, -0.1) is 0 Å². The van der Waals surface area contributed by atoms with E-state index in [1.807, 2.05) is 30.3 Å². The molecule has 0 bridgehead atoms. The Morgan fingerprint density at radius 2 is 1.79 bits per heavy atom. The van der Waals surface area contributed by atoms with E-state index in [1.165, 1.54) is 13.8 Å². The molecule has 0 amide bonds. The Bertz CT molecular complexity index is 846. The Kier molecular flexibility index (Phi) is 6.31. The normalized spacial score (nSPS) is 18.1. The minimum Gasteiger partial charge on any atom is -0.488 e. The molecule has 6 nitrogen and oxygen atoms in total. The van der Waals surface area contributed by atoms with E-state index < -0.39 is 18.2 Å². The fraction of sp³-hybridized carbons (Fsp3) is 0.364. The van der Waals surface area contributed by atoms with Gasteiger partial charge in [0.25, 0.3) is 0 Å². The van der Waals surface area contributed by atoms with E-state index in [2.05, 4.69) is 0 Å². The lowest BCUT2D eigenvalue weighted by Gasteiger charge is -2.31. The van der Waals surface area contributed by atoms with Crippen LogP contribution in [0.25, 0.3) is 0 Å². The van der Waals surface area contributed by atoms with Crippen LogP contribution in [0.5, 0.6) is 5.75 Å². The van der Waals surface area contributed by atoms with Crippen molar-refractivity contribution < 1.29 is 28.9 Å². The Morgan fingerprint density at radius 3 is 2.46 bits per heavy atom. The van der Waals surface area contributed by atoms with E-state index in [0.29, 0.717) is 30.8 Å². The molecule has 1 N–H and O–H groups in total. The molecule has 6 heteroatoms. The number of aliphatic hydroxyl groups is 1. The topological polar surface area (TPSA) is 82.1 Å². The van der Waals surface area contributed by atoms with Gasteiger partial charge in [-0.2, -0.15) is 0 Å². The average molecular weight is 384 g/mol. The number of aliphatic hydroxyl groups excluding tert-OH is 1. The fourth-order valence-corrected chi connectivity index (χ4v) is 3.45. The molecule has 2 aromatic rings. The number of rotatable bonds is 6. The van der Waals surface area contributed by atoms with Crippen LogP contribution in [0.2, 0.25) is 0 Å². The van der Waals surface area contributed by atoms with Gasteiger partial charge in [0, 0.05) is 19.4 Å². The number of esters is 2. The number of carbonyl (C=O) groups is 2.